The van der Waals surface area contributed by atoms with E-state index in [9.17, 15) is 0 Å². The highest BCUT2D eigenvalue weighted by Gasteiger charge is 2.10. The first kappa shape index (κ1) is 11.6. The zero-order valence-electron chi connectivity index (χ0n) is 9.62. The van der Waals surface area contributed by atoms with Crippen LogP contribution in [0.15, 0.2) is 6.20 Å². The fourth-order valence-corrected chi connectivity index (χ4v) is 1.54. The Morgan fingerprint density at radius 1 is 1.60 bits per heavy atom. The summed E-state index contributed by atoms with van der Waals surface area (Å²) in [5, 5.41) is 16.4. The molecule has 1 rings (SSSR count). The molecule has 0 spiro atoms. The molecule has 4 nitrogen and oxygen atoms in total. The molecular weight excluding hydrogens is 188 g/mol. The van der Waals surface area contributed by atoms with Gasteiger partial charge in [0.2, 0.25) is 0 Å². The molecule has 0 aliphatic carbocycles. The van der Waals surface area contributed by atoms with E-state index in [-0.39, 0.29) is 6.04 Å². The van der Waals surface area contributed by atoms with Crippen LogP contribution in [0.3, 0.4) is 0 Å². The van der Waals surface area contributed by atoms with Crippen molar-refractivity contribution in [2.75, 3.05) is 5.32 Å². The molecule has 1 N–H and O–H groups in total. The van der Waals surface area contributed by atoms with E-state index in [0.717, 1.165) is 24.2 Å². The molecule has 15 heavy (non-hydrogen) atoms. The van der Waals surface area contributed by atoms with Gasteiger partial charge in [-0.2, -0.15) is 10.4 Å². The highest BCUT2D eigenvalue weighted by molar-refractivity contribution is 5.47. The summed E-state index contributed by atoms with van der Waals surface area (Å²) in [7, 11) is 1.91. The molecule has 0 amide bonds. The van der Waals surface area contributed by atoms with Gasteiger partial charge in [0, 0.05) is 19.3 Å². The average Bonchev–Trinajstić information content (AvgIpc) is 2.58. The van der Waals surface area contributed by atoms with E-state index in [4.69, 9.17) is 5.26 Å². The lowest BCUT2D eigenvalue weighted by atomic mass is 10.1. The monoisotopic (exact) mass is 206 g/mol. The molecule has 1 atom stereocenters. The smallest absolute Gasteiger partial charge is 0.0853 e. The van der Waals surface area contributed by atoms with Crippen LogP contribution < -0.4 is 5.32 Å². The summed E-state index contributed by atoms with van der Waals surface area (Å²) in [5.41, 5.74) is 2.12. The lowest BCUT2D eigenvalue weighted by Crippen LogP contribution is -2.18. The Hall–Kier alpha value is -1.50. The zero-order valence-corrected chi connectivity index (χ0v) is 9.62. The van der Waals surface area contributed by atoms with Gasteiger partial charge in [0.15, 0.2) is 0 Å². The molecule has 0 bridgehead atoms. The van der Waals surface area contributed by atoms with E-state index in [1.807, 2.05) is 13.2 Å². The lowest BCUT2D eigenvalue weighted by molar-refractivity contribution is 0.710. The molecule has 0 radical (unpaired) electrons. The second kappa shape index (κ2) is 5.40. The van der Waals surface area contributed by atoms with Gasteiger partial charge in [-0.05, 0) is 12.8 Å². The van der Waals surface area contributed by atoms with Crippen LogP contribution >= 0.6 is 0 Å². The van der Waals surface area contributed by atoms with E-state index in [0.29, 0.717) is 6.42 Å². The van der Waals surface area contributed by atoms with Crippen molar-refractivity contribution in [1.82, 2.24) is 9.78 Å². The second-order valence-electron chi connectivity index (χ2n) is 3.63. The van der Waals surface area contributed by atoms with E-state index in [1.54, 1.807) is 4.68 Å². The Bertz CT molecular complexity index is 348. The minimum absolute atomic E-state index is 0.226. The summed E-state index contributed by atoms with van der Waals surface area (Å²) < 4.78 is 1.81. The maximum absolute atomic E-state index is 8.67. The highest BCUT2D eigenvalue weighted by atomic mass is 15.3. The molecule has 1 unspecified atom stereocenters. The van der Waals surface area contributed by atoms with Crippen molar-refractivity contribution in [1.29, 1.82) is 5.26 Å². The summed E-state index contributed by atoms with van der Waals surface area (Å²) in [6.07, 6.45) is 4.37. The molecule has 0 aliphatic heterocycles. The van der Waals surface area contributed by atoms with Gasteiger partial charge in [-0.15, -0.1) is 0 Å². The number of hydrogen-bond acceptors (Lipinski definition) is 3. The first-order chi connectivity index (χ1) is 7.21. The third kappa shape index (κ3) is 2.98. The highest BCUT2D eigenvalue weighted by Crippen LogP contribution is 2.16. The van der Waals surface area contributed by atoms with Gasteiger partial charge in [0.25, 0.3) is 0 Å². The topological polar surface area (TPSA) is 53.6 Å². The predicted octanol–water partition coefficient (Wildman–Crippen LogP) is 2.09. The molecule has 0 aliphatic rings. The minimum atomic E-state index is 0.226. The van der Waals surface area contributed by atoms with Crippen molar-refractivity contribution in [3.05, 3.63) is 11.9 Å². The van der Waals surface area contributed by atoms with Crippen LogP contribution in [-0.2, 0) is 13.5 Å². The van der Waals surface area contributed by atoms with E-state index in [1.165, 1.54) is 0 Å². The van der Waals surface area contributed by atoms with Gasteiger partial charge < -0.3 is 5.32 Å². The SMILES string of the molecule is CCc1nn(C)cc1NC(CC)CC#N. The van der Waals surface area contributed by atoms with E-state index >= 15 is 0 Å². The summed E-state index contributed by atoms with van der Waals surface area (Å²) in [6.45, 7) is 4.16. The molecule has 0 aromatic carbocycles. The number of hydrogen-bond donors (Lipinski definition) is 1. The number of nitrogens with zero attached hydrogens (tertiary/aromatic N) is 3. The molecule has 1 heterocycles. The van der Waals surface area contributed by atoms with E-state index < -0.39 is 0 Å². The number of nitrogens with one attached hydrogen (secondary N) is 1. The van der Waals surface area contributed by atoms with Gasteiger partial charge in [-0.1, -0.05) is 13.8 Å². The summed E-state index contributed by atoms with van der Waals surface area (Å²) in [5.74, 6) is 0. The standard InChI is InChI=1S/C11H18N4/c1-4-9(6-7-12)13-11-8-15(3)14-10(11)5-2/h8-9,13H,4-6H2,1-3H3. The normalized spacial score (nSPS) is 12.1. The predicted molar refractivity (Wildman–Crippen MR) is 60.5 cm³/mol. The van der Waals surface area contributed by atoms with Crippen molar-refractivity contribution in [3.63, 3.8) is 0 Å². The van der Waals surface area contributed by atoms with Gasteiger partial charge in [-0.3, -0.25) is 4.68 Å². The first-order valence-corrected chi connectivity index (χ1v) is 5.37. The minimum Gasteiger partial charge on any atom is -0.379 e. The van der Waals surface area contributed by atoms with Crippen LogP contribution in [0.1, 0.15) is 32.4 Å². The number of anilines is 1. The lowest BCUT2D eigenvalue weighted by Gasteiger charge is -2.14. The Morgan fingerprint density at radius 3 is 2.87 bits per heavy atom. The summed E-state index contributed by atoms with van der Waals surface area (Å²) in [6, 6.07) is 2.42. The third-order valence-corrected chi connectivity index (χ3v) is 2.43. The summed E-state index contributed by atoms with van der Waals surface area (Å²) >= 11 is 0. The molecule has 0 saturated carbocycles. The quantitative estimate of drug-likeness (QED) is 0.802. The molecule has 0 saturated heterocycles. The Balaban J connectivity index is 2.74. The van der Waals surface area contributed by atoms with Crippen LogP contribution in [0.25, 0.3) is 0 Å². The fourth-order valence-electron chi connectivity index (χ4n) is 1.54. The van der Waals surface area contributed by atoms with Crippen LogP contribution in [0.4, 0.5) is 5.69 Å². The molecular formula is C11H18N4. The molecule has 1 aromatic heterocycles. The summed E-state index contributed by atoms with van der Waals surface area (Å²) in [4.78, 5) is 0. The van der Waals surface area contributed by atoms with Crippen LogP contribution in [0.5, 0.6) is 0 Å². The average molecular weight is 206 g/mol. The number of rotatable bonds is 5. The maximum Gasteiger partial charge on any atom is 0.0853 e. The van der Waals surface area contributed by atoms with Gasteiger partial charge >= 0.3 is 0 Å². The van der Waals surface area contributed by atoms with Gasteiger partial charge in [0.05, 0.1) is 23.9 Å². The molecule has 4 heteroatoms. The van der Waals surface area contributed by atoms with Crippen molar-refractivity contribution in [3.8, 4) is 6.07 Å². The zero-order chi connectivity index (χ0) is 11.3. The Kier molecular flexibility index (Phi) is 4.17. The van der Waals surface area contributed by atoms with Gasteiger partial charge in [0.1, 0.15) is 0 Å². The first-order valence-electron chi connectivity index (χ1n) is 5.37. The Labute approximate surface area is 90.9 Å². The molecule has 0 fully saturated rings. The van der Waals surface area contributed by atoms with Gasteiger partial charge in [-0.25, -0.2) is 0 Å². The maximum atomic E-state index is 8.67. The number of aryl methyl sites for hydroxylation is 2. The number of nitriles is 1. The van der Waals surface area contributed by atoms with Crippen LogP contribution in [0.2, 0.25) is 0 Å². The fraction of sp³-hybridized carbons (Fsp3) is 0.636. The van der Waals surface area contributed by atoms with E-state index in [2.05, 4.69) is 30.3 Å². The van der Waals surface area contributed by atoms with Crippen molar-refractivity contribution >= 4 is 5.69 Å². The molecule has 82 valence electrons. The molecule has 1 aromatic rings. The van der Waals surface area contributed by atoms with Crippen LogP contribution in [-0.4, -0.2) is 15.8 Å². The largest absolute Gasteiger partial charge is 0.379 e. The second-order valence-corrected chi connectivity index (χ2v) is 3.63. The Morgan fingerprint density at radius 2 is 2.33 bits per heavy atom. The van der Waals surface area contributed by atoms with Crippen molar-refractivity contribution < 1.29 is 0 Å². The van der Waals surface area contributed by atoms with Crippen molar-refractivity contribution in [2.45, 2.75) is 39.2 Å². The number of aromatic nitrogens is 2. The van der Waals surface area contributed by atoms with Crippen molar-refractivity contribution in [2.24, 2.45) is 7.05 Å². The van der Waals surface area contributed by atoms with Crippen LogP contribution in [0, 0.1) is 11.3 Å². The third-order valence-electron chi connectivity index (χ3n) is 2.43.